The molecule has 1 amide bonds. The van der Waals surface area contributed by atoms with Gasteiger partial charge in [0.05, 0.1) is 19.8 Å². The summed E-state index contributed by atoms with van der Waals surface area (Å²) in [6, 6.07) is 5.29. The fraction of sp³-hybridized carbons (Fsp3) is 0.450. The summed E-state index contributed by atoms with van der Waals surface area (Å²) in [5.74, 6) is 2.17. The van der Waals surface area contributed by atoms with Gasteiger partial charge in [-0.2, -0.15) is 0 Å². The van der Waals surface area contributed by atoms with Crippen LogP contribution in [-0.4, -0.2) is 54.6 Å². The summed E-state index contributed by atoms with van der Waals surface area (Å²) < 4.78 is 10.6. The number of methoxy groups -OCH3 is 2. The van der Waals surface area contributed by atoms with Gasteiger partial charge in [-0.15, -0.1) is 0 Å². The number of benzene rings is 1. The maximum Gasteiger partial charge on any atom is 0.257 e. The number of aromatic nitrogens is 2. The third-order valence-electron chi connectivity index (χ3n) is 5.30. The molecule has 4 rings (SSSR count). The van der Waals surface area contributed by atoms with Crippen molar-refractivity contribution in [3.63, 3.8) is 0 Å². The monoisotopic (exact) mass is 368 g/mol. The van der Waals surface area contributed by atoms with Crippen molar-refractivity contribution in [2.75, 3.05) is 33.9 Å². The summed E-state index contributed by atoms with van der Waals surface area (Å²) in [7, 11) is 3.16. The topological polar surface area (TPSA) is 76.6 Å². The van der Waals surface area contributed by atoms with Crippen molar-refractivity contribution in [3.8, 4) is 11.5 Å². The molecule has 1 saturated heterocycles. The Balaban J connectivity index is 1.52. The summed E-state index contributed by atoms with van der Waals surface area (Å²) in [5.41, 5.74) is 2.84. The van der Waals surface area contributed by atoms with Crippen LogP contribution in [0.3, 0.4) is 0 Å². The van der Waals surface area contributed by atoms with Crippen molar-refractivity contribution in [1.82, 2.24) is 20.2 Å². The molecule has 1 aromatic heterocycles. The van der Waals surface area contributed by atoms with Crippen molar-refractivity contribution < 1.29 is 14.3 Å². The molecule has 7 heteroatoms. The van der Waals surface area contributed by atoms with E-state index in [1.165, 1.54) is 5.56 Å². The van der Waals surface area contributed by atoms with Gasteiger partial charge in [0.25, 0.3) is 5.91 Å². The van der Waals surface area contributed by atoms with E-state index in [9.17, 15) is 4.79 Å². The molecule has 2 aromatic rings. The number of hydrogen-bond donors (Lipinski definition) is 1. The average molecular weight is 368 g/mol. The lowest BCUT2D eigenvalue weighted by Gasteiger charge is -2.19. The van der Waals surface area contributed by atoms with E-state index in [-0.39, 0.29) is 11.8 Å². The lowest BCUT2D eigenvalue weighted by atomic mass is 10.1. The first-order valence-corrected chi connectivity index (χ1v) is 9.26. The van der Waals surface area contributed by atoms with Crippen LogP contribution in [0.2, 0.25) is 0 Å². The van der Waals surface area contributed by atoms with Gasteiger partial charge < -0.3 is 19.7 Å². The minimum Gasteiger partial charge on any atom is -0.497 e. The van der Waals surface area contributed by atoms with Gasteiger partial charge >= 0.3 is 0 Å². The lowest BCUT2D eigenvalue weighted by Crippen LogP contribution is -2.29. The Morgan fingerprint density at radius 1 is 1.30 bits per heavy atom. The minimum atomic E-state index is -0.0459. The first-order valence-electron chi connectivity index (χ1n) is 9.26. The fourth-order valence-electron chi connectivity index (χ4n) is 3.76. The molecule has 27 heavy (non-hydrogen) atoms. The second kappa shape index (κ2) is 7.52. The van der Waals surface area contributed by atoms with Gasteiger partial charge in [0.1, 0.15) is 17.3 Å². The number of nitrogens with zero attached hydrogens (tertiary/aromatic N) is 3. The van der Waals surface area contributed by atoms with Gasteiger partial charge in [-0.05, 0) is 24.6 Å². The number of ether oxygens (including phenoxy) is 2. The molecule has 0 spiro atoms. The zero-order valence-electron chi connectivity index (χ0n) is 15.7. The van der Waals surface area contributed by atoms with E-state index in [2.05, 4.69) is 10.3 Å². The minimum absolute atomic E-state index is 0.0459. The number of nitrogens with one attached hydrogen (secondary N) is 1. The highest BCUT2D eigenvalue weighted by molar-refractivity contribution is 5.97. The Bertz CT molecular complexity index is 855. The third kappa shape index (κ3) is 3.47. The van der Waals surface area contributed by atoms with Crippen molar-refractivity contribution >= 4 is 5.91 Å². The van der Waals surface area contributed by atoms with Gasteiger partial charge in [-0.3, -0.25) is 4.79 Å². The summed E-state index contributed by atoms with van der Waals surface area (Å²) in [4.78, 5) is 24.3. The fourth-order valence-corrected chi connectivity index (χ4v) is 3.76. The summed E-state index contributed by atoms with van der Waals surface area (Å²) in [6.45, 7) is 3.09. The Morgan fingerprint density at radius 3 is 3.00 bits per heavy atom. The van der Waals surface area contributed by atoms with E-state index in [4.69, 9.17) is 14.5 Å². The summed E-state index contributed by atoms with van der Waals surface area (Å²) >= 11 is 0. The Kier molecular flexibility index (Phi) is 4.94. The van der Waals surface area contributed by atoms with Crippen LogP contribution in [0, 0.1) is 0 Å². The van der Waals surface area contributed by atoms with Gasteiger partial charge in [0.2, 0.25) is 0 Å². The molecule has 3 heterocycles. The molecule has 0 radical (unpaired) electrons. The molecule has 2 aliphatic rings. The largest absolute Gasteiger partial charge is 0.497 e. The number of carbonyl (C=O) groups is 1. The second-order valence-electron chi connectivity index (χ2n) is 6.93. The van der Waals surface area contributed by atoms with Crippen LogP contribution in [0.5, 0.6) is 11.5 Å². The molecule has 2 aliphatic heterocycles. The molecule has 142 valence electrons. The van der Waals surface area contributed by atoms with E-state index in [0.29, 0.717) is 30.2 Å². The highest BCUT2D eigenvalue weighted by Crippen LogP contribution is 2.30. The van der Waals surface area contributed by atoms with Crippen LogP contribution >= 0.6 is 0 Å². The van der Waals surface area contributed by atoms with E-state index in [1.807, 2.05) is 11.1 Å². The average Bonchev–Trinajstić information content (AvgIpc) is 3.22. The Morgan fingerprint density at radius 2 is 2.19 bits per heavy atom. The normalized spacial score (nSPS) is 18.9. The maximum atomic E-state index is 13.0. The lowest BCUT2D eigenvalue weighted by molar-refractivity contribution is 0.0786. The number of fused-ring (bicyclic) bond motifs is 1. The van der Waals surface area contributed by atoms with Crippen molar-refractivity contribution in [2.45, 2.75) is 25.3 Å². The molecule has 0 bridgehead atoms. The van der Waals surface area contributed by atoms with E-state index >= 15 is 0 Å². The third-order valence-corrected chi connectivity index (χ3v) is 5.30. The SMILES string of the molecule is COc1ccc(OC)c(C(=O)N2CCC(c3ncc4c(n3)CCNC4)C2)c1. The van der Waals surface area contributed by atoms with Crippen LogP contribution in [0.1, 0.15) is 39.8 Å². The summed E-state index contributed by atoms with van der Waals surface area (Å²) in [6.07, 6.45) is 3.73. The van der Waals surface area contributed by atoms with Crippen molar-refractivity contribution in [1.29, 1.82) is 0 Å². The van der Waals surface area contributed by atoms with E-state index < -0.39 is 0 Å². The zero-order chi connectivity index (χ0) is 18.8. The number of amides is 1. The quantitative estimate of drug-likeness (QED) is 0.886. The molecule has 0 saturated carbocycles. The van der Waals surface area contributed by atoms with Crippen LogP contribution in [0.25, 0.3) is 0 Å². The van der Waals surface area contributed by atoms with E-state index in [0.717, 1.165) is 37.4 Å². The first-order chi connectivity index (χ1) is 13.2. The van der Waals surface area contributed by atoms with Crippen molar-refractivity contribution in [2.24, 2.45) is 0 Å². The zero-order valence-corrected chi connectivity index (χ0v) is 15.7. The maximum absolute atomic E-state index is 13.0. The van der Waals surface area contributed by atoms with Crippen LogP contribution in [0.15, 0.2) is 24.4 Å². The highest BCUT2D eigenvalue weighted by Gasteiger charge is 2.31. The van der Waals surface area contributed by atoms with E-state index in [1.54, 1.807) is 32.4 Å². The molecular formula is C20H24N4O3. The van der Waals surface area contributed by atoms with Gasteiger partial charge in [0, 0.05) is 56.0 Å². The highest BCUT2D eigenvalue weighted by atomic mass is 16.5. The van der Waals surface area contributed by atoms with Gasteiger partial charge in [-0.25, -0.2) is 9.97 Å². The van der Waals surface area contributed by atoms with Crippen LogP contribution in [-0.2, 0) is 13.0 Å². The van der Waals surface area contributed by atoms with Gasteiger partial charge in [-0.1, -0.05) is 0 Å². The number of rotatable bonds is 4. The van der Waals surface area contributed by atoms with Crippen LogP contribution in [0.4, 0.5) is 0 Å². The first kappa shape index (κ1) is 17.7. The van der Waals surface area contributed by atoms with Crippen molar-refractivity contribution in [3.05, 3.63) is 47.0 Å². The predicted molar refractivity (Wildman–Crippen MR) is 100 cm³/mol. The molecular weight excluding hydrogens is 344 g/mol. The molecule has 0 aliphatic carbocycles. The molecule has 1 unspecified atom stereocenters. The Hall–Kier alpha value is -2.67. The van der Waals surface area contributed by atoms with Gasteiger partial charge in [0.15, 0.2) is 0 Å². The molecule has 7 nitrogen and oxygen atoms in total. The standard InChI is InChI=1S/C20H24N4O3/c1-26-15-3-4-18(27-2)16(9-15)20(25)24-8-6-13(12-24)19-22-11-14-10-21-7-5-17(14)23-19/h3-4,9,11,13,21H,5-8,10,12H2,1-2H3. The molecule has 1 atom stereocenters. The predicted octanol–water partition coefficient (Wildman–Crippen LogP) is 1.77. The Labute approximate surface area is 158 Å². The number of likely N-dealkylation sites (tertiary alicyclic amines) is 1. The molecule has 1 N–H and O–H groups in total. The summed E-state index contributed by atoms with van der Waals surface area (Å²) in [5, 5.41) is 3.34. The second-order valence-corrected chi connectivity index (χ2v) is 6.93. The molecule has 1 fully saturated rings. The number of hydrogen-bond acceptors (Lipinski definition) is 6. The smallest absolute Gasteiger partial charge is 0.257 e. The van der Waals surface area contributed by atoms with Crippen LogP contribution < -0.4 is 14.8 Å². The number of carbonyl (C=O) groups excluding carboxylic acids is 1. The molecule has 1 aromatic carbocycles.